The van der Waals surface area contributed by atoms with E-state index in [0.29, 0.717) is 19.3 Å². The Kier molecular flexibility index (Phi) is 5.01. The fourth-order valence-corrected chi connectivity index (χ4v) is 2.56. The van der Waals surface area contributed by atoms with E-state index < -0.39 is 17.7 Å². The van der Waals surface area contributed by atoms with Crippen molar-refractivity contribution in [2.75, 3.05) is 6.61 Å². The molecular weight excluding hydrogens is 301 g/mol. The predicted molar refractivity (Wildman–Crippen MR) is 73.8 cm³/mol. The molecule has 1 amide bonds. The van der Waals surface area contributed by atoms with Gasteiger partial charge in [-0.15, -0.1) is 0 Å². The Morgan fingerprint density at radius 2 is 2.19 bits per heavy atom. The van der Waals surface area contributed by atoms with Crippen LogP contribution in [0, 0.1) is 11.7 Å². The van der Waals surface area contributed by atoms with Gasteiger partial charge in [-0.25, -0.2) is 4.39 Å². The lowest BCUT2D eigenvalue weighted by molar-refractivity contribution is -0.141. The van der Waals surface area contributed by atoms with Gasteiger partial charge in [-0.05, 0) is 37.5 Å². The smallest absolute Gasteiger partial charge is 0.306 e. The second kappa shape index (κ2) is 6.76. The lowest BCUT2D eigenvalue weighted by Gasteiger charge is -2.13. The number of aliphatic carboxylic acids is 1. The SMILES string of the molecule is O=C(COc1ccc(F)cc1Cl)N[C@@H]1CC[C@H](C(=O)O)C1. The molecule has 114 valence electrons. The Balaban J connectivity index is 1.79. The van der Waals surface area contributed by atoms with Gasteiger partial charge in [-0.3, -0.25) is 9.59 Å². The Morgan fingerprint density at radius 3 is 2.81 bits per heavy atom. The molecule has 2 N–H and O–H groups in total. The zero-order chi connectivity index (χ0) is 15.4. The highest BCUT2D eigenvalue weighted by Gasteiger charge is 2.30. The third-order valence-electron chi connectivity index (χ3n) is 3.40. The fraction of sp³-hybridized carbons (Fsp3) is 0.429. The normalized spacial score (nSPS) is 21.0. The van der Waals surface area contributed by atoms with E-state index in [4.69, 9.17) is 21.4 Å². The summed E-state index contributed by atoms with van der Waals surface area (Å²) in [5.41, 5.74) is 0. The van der Waals surface area contributed by atoms with Crippen molar-refractivity contribution in [2.24, 2.45) is 5.92 Å². The van der Waals surface area contributed by atoms with Crippen molar-refractivity contribution in [3.8, 4) is 5.75 Å². The third-order valence-corrected chi connectivity index (χ3v) is 3.70. The average molecular weight is 316 g/mol. The Morgan fingerprint density at radius 1 is 1.43 bits per heavy atom. The molecule has 1 aromatic rings. The van der Waals surface area contributed by atoms with E-state index in [1.807, 2.05) is 0 Å². The summed E-state index contributed by atoms with van der Waals surface area (Å²) in [6.45, 7) is -0.250. The molecule has 7 heteroatoms. The number of hydrogen-bond donors (Lipinski definition) is 2. The number of carbonyl (C=O) groups excluding carboxylic acids is 1. The van der Waals surface area contributed by atoms with E-state index in [9.17, 15) is 14.0 Å². The first kappa shape index (κ1) is 15.6. The summed E-state index contributed by atoms with van der Waals surface area (Å²) in [6.07, 6.45) is 1.63. The van der Waals surface area contributed by atoms with Crippen LogP contribution in [-0.2, 0) is 9.59 Å². The van der Waals surface area contributed by atoms with Crippen LogP contribution in [0.25, 0.3) is 0 Å². The molecule has 2 atom stereocenters. The van der Waals surface area contributed by atoms with E-state index in [1.165, 1.54) is 12.1 Å². The molecular formula is C14H15ClFNO4. The number of ether oxygens (including phenoxy) is 1. The van der Waals surface area contributed by atoms with Crippen molar-refractivity contribution >= 4 is 23.5 Å². The molecule has 1 fully saturated rings. The zero-order valence-corrected chi connectivity index (χ0v) is 11.9. The molecule has 0 spiro atoms. The van der Waals surface area contributed by atoms with E-state index in [2.05, 4.69) is 5.32 Å². The highest BCUT2D eigenvalue weighted by atomic mass is 35.5. The Labute approximate surface area is 126 Å². The maximum absolute atomic E-state index is 12.9. The van der Waals surface area contributed by atoms with Gasteiger partial charge in [0.15, 0.2) is 6.61 Å². The van der Waals surface area contributed by atoms with Gasteiger partial charge in [0, 0.05) is 6.04 Å². The number of rotatable bonds is 5. The van der Waals surface area contributed by atoms with Crippen molar-refractivity contribution in [3.63, 3.8) is 0 Å². The largest absolute Gasteiger partial charge is 0.482 e. The Hall–Kier alpha value is -1.82. The zero-order valence-electron chi connectivity index (χ0n) is 11.1. The molecule has 2 rings (SSSR count). The van der Waals surface area contributed by atoms with Crippen LogP contribution >= 0.6 is 11.6 Å². The summed E-state index contributed by atoms with van der Waals surface area (Å²) in [5, 5.41) is 11.7. The number of carboxylic acids is 1. The fourth-order valence-electron chi connectivity index (χ4n) is 2.34. The number of carboxylic acid groups (broad SMARTS) is 1. The van der Waals surface area contributed by atoms with Crippen LogP contribution in [0.3, 0.4) is 0 Å². The number of halogens is 2. The number of carbonyl (C=O) groups is 2. The monoisotopic (exact) mass is 315 g/mol. The number of hydrogen-bond acceptors (Lipinski definition) is 3. The first-order chi connectivity index (χ1) is 9.95. The predicted octanol–water partition coefficient (Wildman–Crippen LogP) is 2.23. The van der Waals surface area contributed by atoms with Crippen molar-refractivity contribution in [1.29, 1.82) is 0 Å². The van der Waals surface area contributed by atoms with Gasteiger partial charge in [0.05, 0.1) is 10.9 Å². The summed E-state index contributed by atoms with van der Waals surface area (Å²) in [6, 6.07) is 3.49. The standard InChI is InChI=1S/C14H15ClFNO4/c15-11-6-9(16)2-4-12(11)21-7-13(18)17-10-3-1-8(5-10)14(19)20/h2,4,6,8,10H,1,3,5,7H2,(H,17,18)(H,19,20)/t8-,10+/m0/s1. The molecule has 1 aromatic carbocycles. The second-order valence-corrected chi connectivity index (χ2v) is 5.38. The summed E-state index contributed by atoms with van der Waals surface area (Å²) in [7, 11) is 0. The van der Waals surface area contributed by atoms with Crippen LogP contribution in [0.15, 0.2) is 18.2 Å². The minimum absolute atomic E-state index is 0.0922. The van der Waals surface area contributed by atoms with E-state index in [-0.39, 0.29) is 29.3 Å². The van der Waals surface area contributed by atoms with E-state index >= 15 is 0 Å². The summed E-state index contributed by atoms with van der Waals surface area (Å²) < 4.78 is 18.1. The maximum atomic E-state index is 12.9. The van der Waals surface area contributed by atoms with E-state index in [0.717, 1.165) is 6.07 Å². The molecule has 5 nitrogen and oxygen atoms in total. The summed E-state index contributed by atoms with van der Waals surface area (Å²) >= 11 is 5.78. The molecule has 0 aromatic heterocycles. The van der Waals surface area contributed by atoms with E-state index in [1.54, 1.807) is 0 Å². The van der Waals surface area contributed by atoms with Crippen LogP contribution in [0.2, 0.25) is 5.02 Å². The van der Waals surface area contributed by atoms with Crippen LogP contribution in [-0.4, -0.2) is 29.6 Å². The van der Waals surface area contributed by atoms with Crippen molar-refractivity contribution in [3.05, 3.63) is 29.0 Å². The van der Waals surface area contributed by atoms with Crippen molar-refractivity contribution in [1.82, 2.24) is 5.32 Å². The van der Waals surface area contributed by atoms with Gasteiger partial charge >= 0.3 is 5.97 Å². The van der Waals surface area contributed by atoms with Crippen LogP contribution in [0.5, 0.6) is 5.75 Å². The molecule has 1 aliphatic rings. The molecule has 0 unspecified atom stereocenters. The van der Waals surface area contributed by atoms with Gasteiger partial charge in [-0.1, -0.05) is 11.6 Å². The van der Waals surface area contributed by atoms with Crippen LogP contribution in [0.1, 0.15) is 19.3 Å². The first-order valence-corrected chi connectivity index (χ1v) is 6.93. The van der Waals surface area contributed by atoms with Crippen molar-refractivity contribution < 1.29 is 23.8 Å². The van der Waals surface area contributed by atoms with Crippen LogP contribution in [0.4, 0.5) is 4.39 Å². The minimum Gasteiger partial charge on any atom is -0.482 e. The Bertz CT molecular complexity index is 552. The number of benzene rings is 1. The molecule has 1 aliphatic carbocycles. The quantitative estimate of drug-likeness (QED) is 0.873. The lowest BCUT2D eigenvalue weighted by Crippen LogP contribution is -2.36. The highest BCUT2D eigenvalue weighted by molar-refractivity contribution is 6.32. The van der Waals surface area contributed by atoms with Gasteiger partial charge in [0.2, 0.25) is 0 Å². The maximum Gasteiger partial charge on any atom is 0.306 e. The molecule has 1 saturated carbocycles. The minimum atomic E-state index is -0.832. The molecule has 0 bridgehead atoms. The summed E-state index contributed by atoms with van der Waals surface area (Å²) in [4.78, 5) is 22.6. The average Bonchev–Trinajstić information content (AvgIpc) is 2.86. The molecule has 0 heterocycles. The number of amides is 1. The highest BCUT2D eigenvalue weighted by Crippen LogP contribution is 2.26. The van der Waals surface area contributed by atoms with Gasteiger partial charge in [0.25, 0.3) is 5.91 Å². The van der Waals surface area contributed by atoms with Gasteiger partial charge in [-0.2, -0.15) is 0 Å². The molecule has 0 saturated heterocycles. The van der Waals surface area contributed by atoms with Crippen molar-refractivity contribution in [2.45, 2.75) is 25.3 Å². The molecule has 21 heavy (non-hydrogen) atoms. The molecule has 0 aliphatic heterocycles. The van der Waals surface area contributed by atoms with Gasteiger partial charge < -0.3 is 15.2 Å². The first-order valence-electron chi connectivity index (χ1n) is 6.55. The second-order valence-electron chi connectivity index (χ2n) is 4.98. The van der Waals surface area contributed by atoms with Gasteiger partial charge in [0.1, 0.15) is 11.6 Å². The summed E-state index contributed by atoms with van der Waals surface area (Å²) in [5.74, 6) is -1.85. The van der Waals surface area contributed by atoms with Crippen LogP contribution < -0.4 is 10.1 Å². The number of nitrogens with one attached hydrogen (secondary N) is 1. The molecule has 0 radical (unpaired) electrons. The topological polar surface area (TPSA) is 75.6 Å². The lowest BCUT2D eigenvalue weighted by atomic mass is 10.1. The third kappa shape index (κ3) is 4.32.